The van der Waals surface area contributed by atoms with Crippen LogP contribution in [0.1, 0.15) is 59.9 Å². The minimum absolute atomic E-state index is 0.811. The molecule has 5 aromatic rings. The fraction of sp³-hybridized carbons (Fsp3) is 0.324. The number of fused-ring (bicyclic) bond motifs is 3. The molecule has 6 rings (SSSR count). The molecule has 36 heavy (non-hydrogen) atoms. The van der Waals surface area contributed by atoms with Crippen LogP contribution in [0.15, 0.2) is 65.2 Å². The van der Waals surface area contributed by atoms with Gasteiger partial charge in [0.2, 0.25) is 0 Å². The Morgan fingerprint density at radius 1 is 0.833 bits per heavy atom. The summed E-state index contributed by atoms with van der Waals surface area (Å²) < 4.78 is 6.63. The second-order valence-electron chi connectivity index (χ2n) is 11.0. The van der Waals surface area contributed by atoms with Gasteiger partial charge in [0.1, 0.15) is 11.2 Å². The molecule has 2 aromatic heterocycles. The first kappa shape index (κ1) is 23.0. The molecule has 0 atom stereocenters. The van der Waals surface area contributed by atoms with E-state index in [-0.39, 0.29) is 0 Å². The van der Waals surface area contributed by atoms with Crippen molar-refractivity contribution in [2.24, 2.45) is 5.92 Å². The van der Waals surface area contributed by atoms with Crippen LogP contribution in [0.3, 0.4) is 0 Å². The molecule has 0 radical (unpaired) electrons. The molecular formula is C34H35NO. The molecule has 0 amide bonds. The zero-order valence-corrected chi connectivity index (χ0v) is 21.9. The van der Waals surface area contributed by atoms with Crippen LogP contribution in [0, 0.1) is 33.6 Å². The maximum absolute atomic E-state index is 6.63. The van der Waals surface area contributed by atoms with Crippen molar-refractivity contribution < 1.29 is 4.42 Å². The lowest BCUT2D eigenvalue weighted by molar-refractivity contribution is 0.356. The fourth-order valence-electron chi connectivity index (χ4n) is 6.59. The maximum Gasteiger partial charge on any atom is 0.144 e. The largest absolute Gasteiger partial charge is 0.455 e. The van der Waals surface area contributed by atoms with E-state index in [0.717, 1.165) is 34.8 Å². The van der Waals surface area contributed by atoms with Gasteiger partial charge in [0.25, 0.3) is 0 Å². The molecule has 0 N–H and O–H groups in total. The lowest BCUT2D eigenvalue weighted by Gasteiger charge is -2.21. The van der Waals surface area contributed by atoms with Gasteiger partial charge < -0.3 is 4.42 Å². The Hall–Kier alpha value is -3.39. The SMILES string of the molecule is Cc1cc(C)c(-c2cc(C)c3c(c2)oc2c(-c4cc(CC5CCCCC5)ccn4)cccc23)c(C)c1. The summed E-state index contributed by atoms with van der Waals surface area (Å²) in [5.41, 5.74) is 13.1. The zero-order chi connectivity index (χ0) is 24.8. The third kappa shape index (κ3) is 4.13. The highest BCUT2D eigenvalue weighted by Crippen LogP contribution is 2.40. The summed E-state index contributed by atoms with van der Waals surface area (Å²) in [4.78, 5) is 4.78. The van der Waals surface area contributed by atoms with E-state index in [0.29, 0.717) is 0 Å². The summed E-state index contributed by atoms with van der Waals surface area (Å²) in [5, 5.41) is 2.37. The number of aromatic nitrogens is 1. The number of pyridine rings is 1. The molecule has 0 saturated heterocycles. The quantitative estimate of drug-likeness (QED) is 0.260. The van der Waals surface area contributed by atoms with Crippen molar-refractivity contribution in [1.82, 2.24) is 4.98 Å². The predicted molar refractivity (Wildman–Crippen MR) is 152 cm³/mol. The second-order valence-corrected chi connectivity index (χ2v) is 11.0. The highest BCUT2D eigenvalue weighted by atomic mass is 16.3. The third-order valence-electron chi connectivity index (χ3n) is 8.11. The van der Waals surface area contributed by atoms with Gasteiger partial charge in [-0.2, -0.15) is 0 Å². The molecule has 0 spiro atoms. The Labute approximate surface area is 214 Å². The van der Waals surface area contributed by atoms with Gasteiger partial charge in [-0.1, -0.05) is 68.0 Å². The monoisotopic (exact) mass is 473 g/mol. The maximum atomic E-state index is 6.63. The van der Waals surface area contributed by atoms with E-state index in [1.165, 1.54) is 81.8 Å². The Balaban J connectivity index is 1.46. The molecule has 0 bridgehead atoms. The standard InChI is InChI=1S/C34H35NO/c1-21-15-22(2)32(23(3)16-21)27-17-24(4)33-29-12-8-11-28(34(29)36-31(33)20-27)30-19-26(13-14-35-30)18-25-9-6-5-7-10-25/h8,11-17,19-20,25H,5-7,9-10,18H2,1-4H3. The minimum Gasteiger partial charge on any atom is -0.455 e. The molecule has 3 aromatic carbocycles. The van der Waals surface area contributed by atoms with Crippen molar-refractivity contribution in [3.63, 3.8) is 0 Å². The lowest BCUT2D eigenvalue weighted by Crippen LogP contribution is -2.09. The molecular weight excluding hydrogens is 438 g/mol. The van der Waals surface area contributed by atoms with E-state index in [4.69, 9.17) is 9.40 Å². The van der Waals surface area contributed by atoms with Gasteiger partial charge in [-0.05, 0) is 97.7 Å². The van der Waals surface area contributed by atoms with E-state index >= 15 is 0 Å². The molecule has 1 aliphatic carbocycles. The van der Waals surface area contributed by atoms with Crippen molar-refractivity contribution >= 4 is 21.9 Å². The first-order valence-corrected chi connectivity index (χ1v) is 13.5. The van der Waals surface area contributed by atoms with Gasteiger partial charge >= 0.3 is 0 Å². The lowest BCUT2D eigenvalue weighted by atomic mass is 9.85. The van der Waals surface area contributed by atoms with Gasteiger partial charge in [0.05, 0.1) is 5.69 Å². The molecule has 1 fully saturated rings. The first-order chi connectivity index (χ1) is 17.5. The van der Waals surface area contributed by atoms with Crippen LogP contribution in [0.25, 0.3) is 44.3 Å². The summed E-state index contributed by atoms with van der Waals surface area (Å²) >= 11 is 0. The first-order valence-electron chi connectivity index (χ1n) is 13.5. The van der Waals surface area contributed by atoms with Crippen molar-refractivity contribution in [3.8, 4) is 22.4 Å². The Morgan fingerprint density at radius 3 is 2.39 bits per heavy atom. The number of nitrogens with zero attached hydrogens (tertiary/aromatic N) is 1. The molecule has 0 aliphatic heterocycles. The van der Waals surface area contributed by atoms with Crippen molar-refractivity contribution in [2.45, 2.75) is 66.2 Å². The Kier molecular flexibility index (Phi) is 5.91. The highest BCUT2D eigenvalue weighted by Gasteiger charge is 2.18. The smallest absolute Gasteiger partial charge is 0.144 e. The molecule has 1 saturated carbocycles. The molecule has 0 unspecified atom stereocenters. The number of para-hydroxylation sites is 1. The minimum atomic E-state index is 0.811. The van der Waals surface area contributed by atoms with Crippen molar-refractivity contribution in [2.75, 3.05) is 0 Å². The summed E-state index contributed by atoms with van der Waals surface area (Å²) in [6.07, 6.45) is 10.0. The summed E-state index contributed by atoms with van der Waals surface area (Å²) in [6, 6.07) is 20.0. The highest BCUT2D eigenvalue weighted by molar-refractivity contribution is 6.11. The number of rotatable bonds is 4. The molecule has 1 aliphatic rings. The normalized spacial score (nSPS) is 14.7. The molecule has 2 heteroatoms. The fourth-order valence-corrected chi connectivity index (χ4v) is 6.59. The second kappa shape index (κ2) is 9.24. The number of aryl methyl sites for hydroxylation is 4. The van der Waals surface area contributed by atoms with Crippen LogP contribution < -0.4 is 0 Å². The van der Waals surface area contributed by atoms with Crippen molar-refractivity contribution in [3.05, 3.63) is 88.6 Å². The molecule has 2 heterocycles. The van der Waals surface area contributed by atoms with Crippen LogP contribution in [-0.2, 0) is 6.42 Å². The third-order valence-corrected chi connectivity index (χ3v) is 8.11. The summed E-state index contributed by atoms with van der Waals surface area (Å²) in [6.45, 7) is 8.78. The average Bonchev–Trinajstić information content (AvgIpc) is 3.23. The van der Waals surface area contributed by atoms with E-state index in [1.807, 2.05) is 6.20 Å². The van der Waals surface area contributed by atoms with Gasteiger partial charge in [0, 0.05) is 22.5 Å². The number of furan rings is 1. The van der Waals surface area contributed by atoms with Crippen molar-refractivity contribution in [1.29, 1.82) is 0 Å². The van der Waals surface area contributed by atoms with E-state index in [2.05, 4.69) is 82.3 Å². The van der Waals surface area contributed by atoms with E-state index in [1.54, 1.807) is 0 Å². The Bertz CT molecular complexity index is 1560. The average molecular weight is 474 g/mol. The van der Waals surface area contributed by atoms with Gasteiger partial charge in [-0.3, -0.25) is 4.98 Å². The number of hydrogen-bond acceptors (Lipinski definition) is 2. The van der Waals surface area contributed by atoms with Crippen LogP contribution in [0.2, 0.25) is 0 Å². The molecule has 182 valence electrons. The van der Waals surface area contributed by atoms with Crippen LogP contribution in [0.5, 0.6) is 0 Å². The van der Waals surface area contributed by atoms with Crippen LogP contribution in [0.4, 0.5) is 0 Å². The van der Waals surface area contributed by atoms with Crippen LogP contribution in [-0.4, -0.2) is 4.98 Å². The Morgan fingerprint density at radius 2 is 1.61 bits per heavy atom. The van der Waals surface area contributed by atoms with Gasteiger partial charge in [-0.25, -0.2) is 0 Å². The molecule has 2 nitrogen and oxygen atoms in total. The van der Waals surface area contributed by atoms with E-state index < -0.39 is 0 Å². The van der Waals surface area contributed by atoms with Gasteiger partial charge in [-0.15, -0.1) is 0 Å². The predicted octanol–water partition coefficient (Wildman–Crippen LogP) is 9.67. The number of hydrogen-bond donors (Lipinski definition) is 0. The number of benzene rings is 3. The summed E-state index contributed by atoms with van der Waals surface area (Å²) in [5.74, 6) is 0.811. The van der Waals surface area contributed by atoms with Crippen LogP contribution >= 0.6 is 0 Å². The zero-order valence-electron chi connectivity index (χ0n) is 21.9. The van der Waals surface area contributed by atoms with E-state index in [9.17, 15) is 0 Å². The van der Waals surface area contributed by atoms with Gasteiger partial charge in [0.15, 0.2) is 0 Å². The topological polar surface area (TPSA) is 26.0 Å². The summed E-state index contributed by atoms with van der Waals surface area (Å²) in [7, 11) is 0.